The van der Waals surface area contributed by atoms with E-state index in [-0.39, 0.29) is 51.4 Å². The summed E-state index contributed by atoms with van der Waals surface area (Å²) in [6, 6.07) is 0. The zero-order chi connectivity index (χ0) is 4.28. The van der Waals surface area contributed by atoms with Crippen molar-refractivity contribution in [2.24, 2.45) is 0 Å². The van der Waals surface area contributed by atoms with Gasteiger partial charge in [-0.3, -0.25) is 0 Å². The summed E-state index contributed by atoms with van der Waals surface area (Å²) >= 11 is 0. The van der Waals surface area contributed by atoms with E-state index < -0.39 is 6.16 Å². The molecule has 0 atom stereocenters. The van der Waals surface area contributed by atoms with Gasteiger partial charge in [-0.1, -0.05) is 0 Å². The van der Waals surface area contributed by atoms with Crippen molar-refractivity contribution < 1.29 is 65.9 Å². The van der Waals surface area contributed by atoms with Gasteiger partial charge in [-0.15, -0.1) is 0 Å². The normalized spacial score (nSPS) is 5.33. The fraction of sp³-hybridized carbons (Fsp3) is 0. The molecule has 0 aromatic heterocycles. The topological polar surface area (TPSA) is 49.4 Å². The Kier molecular flexibility index (Phi) is 10.0. The summed E-state index contributed by atoms with van der Waals surface area (Å²) < 4.78 is 3.56. The number of rotatable bonds is 0. The predicted octanol–water partition coefficient (Wildman–Crippen LogP) is -5.10. The van der Waals surface area contributed by atoms with Gasteiger partial charge in [0.1, 0.15) is 0 Å². The molecular formula is CH2BKO3. The summed E-state index contributed by atoms with van der Waals surface area (Å²) in [7, 11) is 1.04. The van der Waals surface area contributed by atoms with E-state index in [2.05, 4.69) is 4.65 Å². The molecule has 0 aliphatic heterocycles. The van der Waals surface area contributed by atoms with Crippen LogP contribution >= 0.6 is 0 Å². The minimum atomic E-state index is -1.50. The number of carbonyl (C=O) groups is 1. The van der Waals surface area contributed by atoms with Crippen molar-refractivity contribution in [3.63, 3.8) is 0 Å². The van der Waals surface area contributed by atoms with Crippen LogP contribution in [0.1, 0.15) is 0 Å². The van der Waals surface area contributed by atoms with Crippen molar-refractivity contribution in [2.45, 2.75) is 0 Å². The average molecular weight is 112 g/mol. The van der Waals surface area contributed by atoms with Gasteiger partial charge in [0.2, 0.25) is 14.2 Å². The summed E-state index contributed by atoms with van der Waals surface area (Å²) in [6.45, 7) is 0. The van der Waals surface area contributed by atoms with E-state index in [0.717, 1.165) is 8.05 Å². The Morgan fingerprint density at radius 2 is 2.00 bits per heavy atom. The van der Waals surface area contributed by atoms with Gasteiger partial charge in [0.15, 0.2) is 0 Å². The van der Waals surface area contributed by atoms with E-state index in [1.165, 1.54) is 0 Å². The molecule has 0 aliphatic carbocycles. The van der Waals surface area contributed by atoms with Crippen molar-refractivity contribution >= 4 is 14.2 Å². The molecule has 0 heterocycles. The van der Waals surface area contributed by atoms with Gasteiger partial charge in [-0.05, 0) is 0 Å². The summed E-state index contributed by atoms with van der Waals surface area (Å²) in [5, 5.41) is 9.03. The standard InChI is InChI=1S/CH3BO3.K/c2-5-1(3)4;/h2H2,(H,3,4);/q;+1/p-1. The summed E-state index contributed by atoms with van der Waals surface area (Å²) in [5.74, 6) is 0. The van der Waals surface area contributed by atoms with Crippen molar-refractivity contribution in [3.8, 4) is 0 Å². The molecule has 0 aromatic carbocycles. The van der Waals surface area contributed by atoms with E-state index in [1.54, 1.807) is 0 Å². The first kappa shape index (κ1) is 10.1. The van der Waals surface area contributed by atoms with Gasteiger partial charge in [-0.25, -0.2) is 0 Å². The van der Waals surface area contributed by atoms with Crippen LogP contribution in [0.4, 0.5) is 4.79 Å². The maximum Gasteiger partial charge on any atom is 1.00 e. The Morgan fingerprint density at radius 1 is 1.83 bits per heavy atom. The zero-order valence-electron chi connectivity index (χ0n) is 3.72. The van der Waals surface area contributed by atoms with Crippen LogP contribution < -0.4 is 56.5 Å². The largest absolute Gasteiger partial charge is 1.00 e. The summed E-state index contributed by atoms with van der Waals surface area (Å²) in [4.78, 5) is 9.03. The molecule has 0 unspecified atom stereocenters. The smallest absolute Gasteiger partial charge is 0.610 e. The first-order valence-electron chi connectivity index (χ1n) is 1.02. The van der Waals surface area contributed by atoms with Gasteiger partial charge in [0.25, 0.3) is 0 Å². The first-order chi connectivity index (χ1) is 2.27. The number of carbonyl (C=O) groups excluding carboxylic acids is 1. The van der Waals surface area contributed by atoms with Crippen LogP contribution in [0.5, 0.6) is 0 Å². The van der Waals surface area contributed by atoms with E-state index >= 15 is 0 Å². The van der Waals surface area contributed by atoms with Gasteiger partial charge >= 0.3 is 51.4 Å². The second kappa shape index (κ2) is 5.97. The Hall–Kier alpha value is 0.971. The fourth-order valence-corrected chi connectivity index (χ4v) is 0. The molecule has 0 radical (unpaired) electrons. The van der Waals surface area contributed by atoms with Crippen LogP contribution in [0.3, 0.4) is 0 Å². The third-order valence-corrected chi connectivity index (χ3v) is 0.167. The molecule has 0 aromatic rings. The van der Waals surface area contributed by atoms with Crippen LogP contribution in [0.25, 0.3) is 0 Å². The fourth-order valence-electron chi connectivity index (χ4n) is 0. The van der Waals surface area contributed by atoms with E-state index in [1.807, 2.05) is 0 Å². The number of carboxylic acid groups (broad SMARTS) is 1. The second-order valence-electron chi connectivity index (χ2n) is 0.454. The molecule has 5 heteroatoms. The van der Waals surface area contributed by atoms with Crippen molar-refractivity contribution in [2.75, 3.05) is 0 Å². The van der Waals surface area contributed by atoms with Crippen LogP contribution in [-0.2, 0) is 4.65 Å². The molecule has 0 amide bonds. The van der Waals surface area contributed by atoms with Crippen LogP contribution in [0, 0.1) is 0 Å². The quantitative estimate of drug-likeness (QED) is 0.294. The summed E-state index contributed by atoms with van der Waals surface area (Å²) in [5.41, 5.74) is 0. The van der Waals surface area contributed by atoms with Crippen molar-refractivity contribution in [1.29, 1.82) is 0 Å². The molecule has 0 N–H and O–H groups in total. The maximum absolute atomic E-state index is 9.03. The Morgan fingerprint density at radius 3 is 2.00 bits per heavy atom. The molecule has 0 aliphatic rings. The van der Waals surface area contributed by atoms with E-state index in [4.69, 9.17) is 9.90 Å². The predicted molar refractivity (Wildman–Crippen MR) is 15.0 cm³/mol. The molecule has 0 saturated carbocycles. The van der Waals surface area contributed by atoms with Crippen molar-refractivity contribution in [3.05, 3.63) is 0 Å². The monoisotopic (exact) mass is 112 g/mol. The molecule has 28 valence electrons. The molecule has 0 bridgehead atoms. The van der Waals surface area contributed by atoms with Crippen LogP contribution in [0.15, 0.2) is 0 Å². The third-order valence-electron chi connectivity index (χ3n) is 0.167. The van der Waals surface area contributed by atoms with Gasteiger partial charge in [0, 0.05) is 0 Å². The molecule has 0 rings (SSSR count). The maximum atomic E-state index is 9.03. The van der Waals surface area contributed by atoms with Crippen LogP contribution in [0.2, 0.25) is 0 Å². The second-order valence-corrected chi connectivity index (χ2v) is 0.454. The minimum absolute atomic E-state index is 0. The Balaban J connectivity index is 0. The van der Waals surface area contributed by atoms with Crippen LogP contribution in [-0.4, -0.2) is 14.2 Å². The van der Waals surface area contributed by atoms with E-state index in [0.29, 0.717) is 0 Å². The van der Waals surface area contributed by atoms with Gasteiger partial charge < -0.3 is 14.6 Å². The molecule has 0 fully saturated rings. The average Bonchev–Trinajstić information content (AvgIpc) is 1.38. The van der Waals surface area contributed by atoms with Gasteiger partial charge in [-0.2, -0.15) is 0 Å². The number of hydrogen-bond donors (Lipinski definition) is 0. The summed E-state index contributed by atoms with van der Waals surface area (Å²) in [6.07, 6.45) is -1.50. The molecule has 3 nitrogen and oxygen atoms in total. The van der Waals surface area contributed by atoms with E-state index in [9.17, 15) is 0 Å². The zero-order valence-corrected chi connectivity index (χ0v) is 6.85. The molecular weight excluding hydrogens is 110 g/mol. The first-order valence-corrected chi connectivity index (χ1v) is 1.02. The SMILES string of the molecule is BOC(=O)[O-].[K+]. The molecule has 6 heavy (non-hydrogen) atoms. The number of hydrogen-bond acceptors (Lipinski definition) is 3. The molecule has 0 saturated heterocycles. The Labute approximate surface area is 78.9 Å². The Bertz CT molecular complexity index is 46.1. The van der Waals surface area contributed by atoms with Crippen molar-refractivity contribution in [1.82, 2.24) is 0 Å². The molecule has 0 spiro atoms. The van der Waals surface area contributed by atoms with Gasteiger partial charge in [0.05, 0.1) is 0 Å². The third kappa shape index (κ3) is 8.88. The minimum Gasteiger partial charge on any atom is -0.610 e.